The van der Waals surface area contributed by atoms with E-state index in [0.717, 1.165) is 5.56 Å². The normalized spacial score (nSPS) is 11.9. The molecule has 2 aromatic rings. The van der Waals surface area contributed by atoms with Crippen molar-refractivity contribution in [2.45, 2.75) is 18.4 Å². The Morgan fingerprint density at radius 1 is 1.42 bits per heavy atom. The van der Waals surface area contributed by atoms with E-state index < -0.39 is 10.0 Å². The Labute approximate surface area is 111 Å². The number of nitrogen functional groups attached to an aromatic ring is 1. The highest BCUT2D eigenvalue weighted by Crippen LogP contribution is 2.23. The average molecular weight is 281 g/mol. The van der Waals surface area contributed by atoms with E-state index in [1.165, 1.54) is 23.7 Å². The van der Waals surface area contributed by atoms with E-state index in [-0.39, 0.29) is 17.1 Å². The fourth-order valence-electron chi connectivity index (χ4n) is 1.67. The third-order valence-corrected chi connectivity index (χ3v) is 4.57. The number of H-pyrrole nitrogens is 1. The standard InChI is InChI=1S/C11H15N5O2S/c1-8-3-4-10(9(12)5-8)19(17,18)16(2)6-11-13-7-14-15-11/h3-5,7H,6,12H2,1-2H3,(H,13,14,15). The number of benzene rings is 1. The second-order valence-electron chi connectivity index (χ2n) is 4.23. The smallest absolute Gasteiger partial charge is 0.245 e. The van der Waals surface area contributed by atoms with E-state index in [2.05, 4.69) is 15.2 Å². The molecule has 0 aliphatic heterocycles. The Kier molecular flexibility index (Phi) is 3.54. The van der Waals surface area contributed by atoms with Gasteiger partial charge in [0.2, 0.25) is 10.0 Å². The molecule has 0 fully saturated rings. The van der Waals surface area contributed by atoms with Gasteiger partial charge in [-0.2, -0.15) is 9.40 Å². The molecular formula is C11H15N5O2S. The lowest BCUT2D eigenvalue weighted by Gasteiger charge is -2.17. The van der Waals surface area contributed by atoms with Crippen molar-refractivity contribution >= 4 is 15.7 Å². The molecule has 0 atom stereocenters. The molecular weight excluding hydrogens is 266 g/mol. The topological polar surface area (TPSA) is 105 Å². The number of nitrogens with two attached hydrogens (primary N) is 1. The Hall–Kier alpha value is -1.93. The van der Waals surface area contributed by atoms with Crippen LogP contribution >= 0.6 is 0 Å². The summed E-state index contributed by atoms with van der Waals surface area (Å²) in [5.74, 6) is 0.469. The number of nitrogens with one attached hydrogen (secondary N) is 1. The van der Waals surface area contributed by atoms with Crippen molar-refractivity contribution in [3.8, 4) is 0 Å². The molecule has 19 heavy (non-hydrogen) atoms. The Morgan fingerprint density at radius 3 is 2.74 bits per heavy atom. The maximum Gasteiger partial charge on any atom is 0.245 e. The summed E-state index contributed by atoms with van der Waals surface area (Å²) in [5, 5.41) is 6.29. The van der Waals surface area contributed by atoms with E-state index in [9.17, 15) is 8.42 Å². The molecule has 0 aliphatic rings. The number of sulfonamides is 1. The molecule has 0 radical (unpaired) electrons. The second kappa shape index (κ2) is 4.98. The van der Waals surface area contributed by atoms with Gasteiger partial charge < -0.3 is 5.73 Å². The van der Waals surface area contributed by atoms with Gasteiger partial charge in [0.15, 0.2) is 0 Å². The highest BCUT2D eigenvalue weighted by molar-refractivity contribution is 7.89. The van der Waals surface area contributed by atoms with Gasteiger partial charge in [0.05, 0.1) is 12.2 Å². The van der Waals surface area contributed by atoms with Crippen LogP contribution in [0.15, 0.2) is 29.4 Å². The summed E-state index contributed by atoms with van der Waals surface area (Å²) in [6.45, 7) is 1.96. The lowest BCUT2D eigenvalue weighted by atomic mass is 10.2. The summed E-state index contributed by atoms with van der Waals surface area (Å²) in [7, 11) is -2.17. The number of hydrogen-bond donors (Lipinski definition) is 2. The van der Waals surface area contributed by atoms with E-state index in [0.29, 0.717) is 5.82 Å². The lowest BCUT2D eigenvalue weighted by molar-refractivity contribution is 0.457. The van der Waals surface area contributed by atoms with Crippen molar-refractivity contribution in [1.82, 2.24) is 19.5 Å². The molecule has 8 heteroatoms. The molecule has 0 unspecified atom stereocenters. The summed E-state index contributed by atoms with van der Waals surface area (Å²) in [6.07, 6.45) is 1.33. The maximum atomic E-state index is 12.4. The molecule has 102 valence electrons. The first-order valence-electron chi connectivity index (χ1n) is 5.58. The lowest BCUT2D eigenvalue weighted by Crippen LogP contribution is -2.27. The van der Waals surface area contributed by atoms with Crippen LogP contribution in [0.25, 0.3) is 0 Å². The largest absolute Gasteiger partial charge is 0.398 e. The van der Waals surface area contributed by atoms with Crippen LogP contribution < -0.4 is 5.73 Å². The van der Waals surface area contributed by atoms with E-state index in [1.54, 1.807) is 12.1 Å². The quantitative estimate of drug-likeness (QED) is 0.795. The van der Waals surface area contributed by atoms with E-state index in [1.807, 2.05) is 6.92 Å². The minimum atomic E-state index is -3.64. The van der Waals surface area contributed by atoms with Gasteiger partial charge >= 0.3 is 0 Å². The molecule has 1 heterocycles. The van der Waals surface area contributed by atoms with Gasteiger partial charge in [0.1, 0.15) is 17.0 Å². The predicted molar refractivity (Wildman–Crippen MR) is 70.6 cm³/mol. The summed E-state index contributed by atoms with van der Waals surface area (Å²) in [6, 6.07) is 4.86. The van der Waals surface area contributed by atoms with Gasteiger partial charge in [-0.05, 0) is 24.6 Å². The number of aromatic nitrogens is 3. The van der Waals surface area contributed by atoms with E-state index in [4.69, 9.17) is 5.73 Å². The molecule has 0 saturated carbocycles. The van der Waals surface area contributed by atoms with Gasteiger partial charge in [-0.3, -0.25) is 5.10 Å². The van der Waals surface area contributed by atoms with Gasteiger partial charge in [0, 0.05) is 7.05 Å². The van der Waals surface area contributed by atoms with Crippen molar-refractivity contribution in [2.24, 2.45) is 0 Å². The molecule has 0 spiro atoms. The number of aromatic amines is 1. The number of nitrogens with zero attached hydrogens (tertiary/aromatic N) is 3. The monoisotopic (exact) mass is 281 g/mol. The Bertz CT molecular complexity index is 666. The third kappa shape index (κ3) is 2.74. The van der Waals surface area contributed by atoms with Gasteiger partial charge in [-0.1, -0.05) is 6.07 Å². The van der Waals surface area contributed by atoms with Crippen LogP contribution in [0.2, 0.25) is 0 Å². The molecule has 0 aliphatic carbocycles. The molecule has 0 bridgehead atoms. The van der Waals surface area contributed by atoms with Gasteiger partial charge in [0.25, 0.3) is 0 Å². The second-order valence-corrected chi connectivity index (χ2v) is 6.25. The molecule has 1 aromatic carbocycles. The van der Waals surface area contributed by atoms with E-state index >= 15 is 0 Å². The van der Waals surface area contributed by atoms with Gasteiger partial charge in [-0.15, -0.1) is 0 Å². The first-order valence-corrected chi connectivity index (χ1v) is 7.02. The molecule has 7 nitrogen and oxygen atoms in total. The minimum absolute atomic E-state index is 0.0973. The zero-order valence-corrected chi connectivity index (χ0v) is 11.5. The number of aryl methyl sites for hydroxylation is 1. The highest BCUT2D eigenvalue weighted by atomic mass is 32.2. The van der Waals surface area contributed by atoms with Crippen LogP contribution in [-0.4, -0.2) is 35.0 Å². The van der Waals surface area contributed by atoms with Crippen molar-refractivity contribution in [3.63, 3.8) is 0 Å². The fourth-order valence-corrected chi connectivity index (χ4v) is 2.90. The molecule has 1 aromatic heterocycles. The average Bonchev–Trinajstić information content (AvgIpc) is 2.81. The van der Waals surface area contributed by atoms with Crippen molar-refractivity contribution in [1.29, 1.82) is 0 Å². The molecule has 0 saturated heterocycles. The summed E-state index contributed by atoms with van der Waals surface area (Å²) in [4.78, 5) is 3.99. The number of anilines is 1. The van der Waals surface area contributed by atoms with Crippen LogP contribution in [0.5, 0.6) is 0 Å². The first kappa shape index (κ1) is 13.5. The SMILES string of the molecule is Cc1ccc(S(=O)(=O)N(C)Cc2ncn[nH]2)c(N)c1. The van der Waals surface area contributed by atoms with Crippen LogP contribution in [0.4, 0.5) is 5.69 Å². The predicted octanol–water partition coefficient (Wildman–Crippen LogP) is 0.516. The number of hydrogen-bond acceptors (Lipinski definition) is 5. The maximum absolute atomic E-state index is 12.4. The Balaban J connectivity index is 2.31. The van der Waals surface area contributed by atoms with Crippen LogP contribution in [-0.2, 0) is 16.6 Å². The summed E-state index contributed by atoms with van der Waals surface area (Å²) >= 11 is 0. The highest BCUT2D eigenvalue weighted by Gasteiger charge is 2.24. The number of rotatable bonds is 4. The minimum Gasteiger partial charge on any atom is -0.398 e. The van der Waals surface area contributed by atoms with Crippen LogP contribution in [0.3, 0.4) is 0 Å². The summed E-state index contributed by atoms with van der Waals surface area (Å²) < 4.78 is 25.9. The molecule has 0 amide bonds. The van der Waals surface area contributed by atoms with Crippen molar-refractivity contribution < 1.29 is 8.42 Å². The molecule has 2 rings (SSSR count). The fraction of sp³-hybridized carbons (Fsp3) is 0.273. The summed E-state index contributed by atoms with van der Waals surface area (Å²) in [5.41, 5.74) is 6.93. The first-order chi connectivity index (χ1) is 8.91. The van der Waals surface area contributed by atoms with Crippen molar-refractivity contribution in [3.05, 3.63) is 35.9 Å². The van der Waals surface area contributed by atoms with Crippen LogP contribution in [0, 0.1) is 6.92 Å². The zero-order valence-electron chi connectivity index (χ0n) is 10.7. The molecule has 3 N–H and O–H groups in total. The van der Waals surface area contributed by atoms with Crippen LogP contribution in [0.1, 0.15) is 11.4 Å². The van der Waals surface area contributed by atoms with Gasteiger partial charge in [-0.25, -0.2) is 13.4 Å². The Morgan fingerprint density at radius 2 is 2.16 bits per heavy atom. The van der Waals surface area contributed by atoms with Crippen molar-refractivity contribution in [2.75, 3.05) is 12.8 Å². The third-order valence-electron chi connectivity index (χ3n) is 2.69. The zero-order chi connectivity index (χ0) is 14.0.